The van der Waals surface area contributed by atoms with Gasteiger partial charge in [-0.15, -0.1) is 0 Å². The van der Waals surface area contributed by atoms with E-state index in [1.165, 1.54) is 19.1 Å². The van der Waals surface area contributed by atoms with Crippen molar-refractivity contribution < 1.29 is 19.1 Å². The molecule has 0 unspecified atom stereocenters. The van der Waals surface area contributed by atoms with Gasteiger partial charge in [-0.1, -0.05) is 43.3 Å². The van der Waals surface area contributed by atoms with Crippen LogP contribution in [-0.4, -0.2) is 59.0 Å². The van der Waals surface area contributed by atoms with Crippen molar-refractivity contribution >= 4 is 11.8 Å². The average Bonchev–Trinajstić information content (AvgIpc) is 2.70. The average molecular weight is 398 g/mol. The number of nitrogens with zero attached hydrogens (tertiary/aromatic N) is 2. The lowest BCUT2D eigenvalue weighted by molar-refractivity contribution is -0.151. The molecule has 1 fully saturated rings. The first-order chi connectivity index (χ1) is 13.9. The maximum Gasteiger partial charge on any atom is 0.222 e. The van der Waals surface area contributed by atoms with Crippen LogP contribution in [0.3, 0.4) is 0 Å². The molecule has 3 rings (SSSR count). The quantitative estimate of drug-likeness (QED) is 0.814. The number of hydrogen-bond acceptors (Lipinski definition) is 3. The molecule has 154 valence electrons. The van der Waals surface area contributed by atoms with Crippen LogP contribution >= 0.6 is 0 Å². The number of halogens is 1. The van der Waals surface area contributed by atoms with Gasteiger partial charge < -0.3 is 14.9 Å². The van der Waals surface area contributed by atoms with E-state index in [1.807, 2.05) is 31.2 Å². The molecule has 0 saturated carbocycles. The highest BCUT2D eigenvalue weighted by atomic mass is 19.1. The third-order valence-corrected chi connectivity index (χ3v) is 5.76. The molecule has 2 amide bonds. The highest BCUT2D eigenvalue weighted by molar-refractivity contribution is 5.77. The second-order valence-corrected chi connectivity index (χ2v) is 7.53. The molecule has 1 aliphatic rings. The van der Waals surface area contributed by atoms with Crippen molar-refractivity contribution in [3.05, 3.63) is 59.9 Å². The molecule has 0 spiro atoms. The normalized spacial score (nSPS) is 20.9. The van der Waals surface area contributed by atoms with E-state index in [1.54, 1.807) is 29.0 Å². The second kappa shape index (κ2) is 8.74. The lowest BCUT2D eigenvalue weighted by atomic mass is 9.74. The number of carbonyl (C=O) groups excluding carboxylic acids is 2. The number of rotatable bonds is 6. The maximum atomic E-state index is 13.2. The van der Waals surface area contributed by atoms with Crippen LogP contribution in [0.25, 0.3) is 11.1 Å². The molecule has 1 N–H and O–H groups in total. The Bertz CT molecular complexity index is 867. The van der Waals surface area contributed by atoms with Crippen LogP contribution < -0.4 is 0 Å². The van der Waals surface area contributed by atoms with Gasteiger partial charge in [0.1, 0.15) is 5.82 Å². The number of aliphatic hydroxyl groups excluding tert-OH is 1. The summed E-state index contributed by atoms with van der Waals surface area (Å²) in [6, 6.07) is 13.7. The van der Waals surface area contributed by atoms with Gasteiger partial charge in [-0.05, 0) is 28.8 Å². The summed E-state index contributed by atoms with van der Waals surface area (Å²) >= 11 is 0. The predicted molar refractivity (Wildman–Crippen MR) is 110 cm³/mol. The van der Waals surface area contributed by atoms with Crippen molar-refractivity contribution in [1.29, 1.82) is 0 Å². The second-order valence-electron chi connectivity index (χ2n) is 7.53. The fraction of sp³-hybridized carbons (Fsp3) is 0.391. The van der Waals surface area contributed by atoms with Gasteiger partial charge in [0.15, 0.2) is 0 Å². The lowest BCUT2D eigenvalue weighted by Gasteiger charge is -2.55. The molecule has 0 bridgehead atoms. The van der Waals surface area contributed by atoms with Gasteiger partial charge in [0, 0.05) is 32.9 Å². The molecule has 0 radical (unpaired) electrons. The molecule has 5 nitrogen and oxygen atoms in total. The van der Waals surface area contributed by atoms with Crippen LogP contribution in [0.1, 0.15) is 31.7 Å². The van der Waals surface area contributed by atoms with Crippen LogP contribution in [0.5, 0.6) is 0 Å². The maximum absolute atomic E-state index is 13.2. The van der Waals surface area contributed by atoms with Crippen LogP contribution in [-0.2, 0) is 9.59 Å². The Morgan fingerprint density at radius 1 is 1.03 bits per heavy atom. The number of carbonyl (C=O) groups is 2. The summed E-state index contributed by atoms with van der Waals surface area (Å²) in [5.41, 5.74) is 2.89. The summed E-state index contributed by atoms with van der Waals surface area (Å²) < 4.78 is 13.2. The summed E-state index contributed by atoms with van der Waals surface area (Å²) in [7, 11) is 1.74. The van der Waals surface area contributed by atoms with Crippen molar-refractivity contribution in [2.24, 2.45) is 0 Å². The third-order valence-electron chi connectivity index (χ3n) is 5.76. The zero-order chi connectivity index (χ0) is 21.1. The SMILES string of the molecule is CCC(=O)N(C)C[C@H]1[C@@H](c2ccc(-c3ccc(F)cc3)cc2)[C@@H](CO)N1C(C)=O. The Morgan fingerprint density at radius 2 is 1.59 bits per heavy atom. The minimum absolute atomic E-state index is 0.0198. The van der Waals surface area contributed by atoms with E-state index in [0.717, 1.165) is 16.7 Å². The molecular formula is C23H27FN2O3. The molecule has 2 aromatic rings. The summed E-state index contributed by atoms with van der Waals surface area (Å²) in [6.07, 6.45) is 0.407. The van der Waals surface area contributed by atoms with Crippen LogP contribution in [0.2, 0.25) is 0 Å². The third kappa shape index (κ3) is 4.17. The van der Waals surface area contributed by atoms with Gasteiger partial charge in [0.05, 0.1) is 18.7 Å². The smallest absolute Gasteiger partial charge is 0.222 e. The van der Waals surface area contributed by atoms with Gasteiger partial charge in [-0.3, -0.25) is 9.59 Å². The molecule has 29 heavy (non-hydrogen) atoms. The molecule has 0 aliphatic carbocycles. The Kier molecular flexibility index (Phi) is 6.33. The molecule has 6 heteroatoms. The standard InChI is InChI=1S/C23H27FN2O3/c1-4-22(29)25(3)13-20-23(21(14-27)26(20)15(2)28)18-7-5-16(6-8-18)17-9-11-19(24)12-10-17/h5-12,20-21,23,27H,4,13-14H2,1-3H3/t20-,21+,23+/m0/s1. The van der Waals surface area contributed by atoms with E-state index < -0.39 is 0 Å². The van der Waals surface area contributed by atoms with E-state index >= 15 is 0 Å². The molecule has 1 aliphatic heterocycles. The number of likely N-dealkylation sites (tertiary alicyclic amines) is 1. The molecule has 3 atom stereocenters. The van der Waals surface area contributed by atoms with E-state index in [9.17, 15) is 19.1 Å². The zero-order valence-electron chi connectivity index (χ0n) is 17.0. The summed E-state index contributed by atoms with van der Waals surface area (Å²) in [5, 5.41) is 9.89. The van der Waals surface area contributed by atoms with Crippen LogP contribution in [0.4, 0.5) is 4.39 Å². The van der Waals surface area contributed by atoms with Gasteiger partial charge in [-0.25, -0.2) is 4.39 Å². The van der Waals surface area contributed by atoms with Crippen molar-refractivity contribution in [2.45, 2.75) is 38.3 Å². The fourth-order valence-electron chi connectivity index (χ4n) is 4.25. The van der Waals surface area contributed by atoms with Gasteiger partial charge in [0.25, 0.3) is 0 Å². The fourth-order valence-corrected chi connectivity index (χ4v) is 4.25. The van der Waals surface area contributed by atoms with Crippen molar-refractivity contribution in [2.75, 3.05) is 20.2 Å². The van der Waals surface area contributed by atoms with E-state index in [-0.39, 0.29) is 42.2 Å². The molecule has 1 heterocycles. The van der Waals surface area contributed by atoms with Crippen molar-refractivity contribution in [1.82, 2.24) is 9.80 Å². The monoisotopic (exact) mass is 398 g/mol. The van der Waals surface area contributed by atoms with E-state index in [4.69, 9.17) is 0 Å². The largest absolute Gasteiger partial charge is 0.394 e. The number of hydrogen-bond donors (Lipinski definition) is 1. The zero-order valence-corrected chi connectivity index (χ0v) is 17.0. The molecule has 2 aromatic carbocycles. The highest BCUT2D eigenvalue weighted by Gasteiger charge is 2.50. The number of benzene rings is 2. The minimum atomic E-state index is -0.306. The number of amides is 2. The molecular weight excluding hydrogens is 371 g/mol. The molecule has 1 saturated heterocycles. The van der Waals surface area contributed by atoms with Crippen LogP contribution in [0, 0.1) is 5.82 Å². The first kappa shape index (κ1) is 21.0. The Hall–Kier alpha value is -2.73. The lowest BCUT2D eigenvalue weighted by Crippen LogP contribution is -2.68. The topological polar surface area (TPSA) is 60.9 Å². The van der Waals surface area contributed by atoms with Crippen molar-refractivity contribution in [3.63, 3.8) is 0 Å². The van der Waals surface area contributed by atoms with Gasteiger partial charge in [0.2, 0.25) is 11.8 Å². The van der Waals surface area contributed by atoms with E-state index in [0.29, 0.717) is 13.0 Å². The summed E-state index contributed by atoms with van der Waals surface area (Å²) in [4.78, 5) is 27.5. The predicted octanol–water partition coefficient (Wildman–Crippen LogP) is 3.04. The van der Waals surface area contributed by atoms with Gasteiger partial charge in [-0.2, -0.15) is 0 Å². The first-order valence-electron chi connectivity index (χ1n) is 9.87. The highest BCUT2D eigenvalue weighted by Crippen LogP contribution is 2.41. The summed E-state index contributed by atoms with van der Waals surface area (Å²) in [6.45, 7) is 3.59. The Balaban J connectivity index is 1.86. The molecule has 0 aromatic heterocycles. The number of aliphatic hydroxyl groups is 1. The number of likely N-dealkylation sites (N-methyl/N-ethyl adjacent to an activating group) is 1. The van der Waals surface area contributed by atoms with E-state index in [2.05, 4.69) is 0 Å². The van der Waals surface area contributed by atoms with Crippen LogP contribution in [0.15, 0.2) is 48.5 Å². The minimum Gasteiger partial charge on any atom is -0.394 e. The first-order valence-corrected chi connectivity index (χ1v) is 9.87. The Labute approximate surface area is 170 Å². The summed E-state index contributed by atoms with van der Waals surface area (Å²) in [5.74, 6) is -0.418. The Morgan fingerprint density at radius 3 is 2.07 bits per heavy atom. The van der Waals surface area contributed by atoms with Crippen molar-refractivity contribution in [3.8, 4) is 11.1 Å². The van der Waals surface area contributed by atoms with Gasteiger partial charge >= 0.3 is 0 Å².